The molecule has 0 saturated heterocycles. The molecule has 0 amide bonds. The fourth-order valence-corrected chi connectivity index (χ4v) is 2.70. The highest BCUT2D eigenvalue weighted by molar-refractivity contribution is 6.55. The SMILES string of the molecule is CCc1cccc2c1C(=O)C(N)C(=Nc1ccccc1)C2=O. The Morgan fingerprint density at radius 1 is 1.05 bits per heavy atom. The molecule has 2 aromatic rings. The van der Waals surface area contributed by atoms with Crippen LogP contribution in [0.4, 0.5) is 5.69 Å². The Balaban J connectivity index is 2.15. The van der Waals surface area contributed by atoms with Crippen molar-refractivity contribution in [2.45, 2.75) is 19.4 Å². The molecule has 110 valence electrons. The highest BCUT2D eigenvalue weighted by Crippen LogP contribution is 2.25. The molecule has 1 aliphatic carbocycles. The molecular weight excluding hydrogens is 276 g/mol. The molecule has 1 atom stereocenters. The van der Waals surface area contributed by atoms with Crippen molar-refractivity contribution in [1.82, 2.24) is 0 Å². The Morgan fingerprint density at radius 2 is 1.77 bits per heavy atom. The number of Topliss-reactive ketones (excluding diaryl/α,β-unsaturated/α-hetero) is 2. The fraction of sp³-hybridized carbons (Fsp3) is 0.167. The number of carbonyl (C=O) groups is 2. The van der Waals surface area contributed by atoms with Gasteiger partial charge in [0.25, 0.3) is 0 Å². The lowest BCUT2D eigenvalue weighted by atomic mass is 9.82. The monoisotopic (exact) mass is 292 g/mol. The van der Waals surface area contributed by atoms with E-state index in [0.717, 1.165) is 5.56 Å². The van der Waals surface area contributed by atoms with Crippen molar-refractivity contribution >= 4 is 23.0 Å². The van der Waals surface area contributed by atoms with Crippen LogP contribution in [0.5, 0.6) is 0 Å². The zero-order valence-electron chi connectivity index (χ0n) is 12.2. The first-order valence-corrected chi connectivity index (χ1v) is 7.23. The van der Waals surface area contributed by atoms with E-state index in [-0.39, 0.29) is 17.3 Å². The third kappa shape index (κ3) is 2.27. The number of nitrogens with two attached hydrogens (primary N) is 1. The fourth-order valence-electron chi connectivity index (χ4n) is 2.70. The summed E-state index contributed by atoms with van der Waals surface area (Å²) in [4.78, 5) is 29.6. The standard InChI is InChI=1S/C18H16N2O2/c1-2-11-7-6-10-13-14(11)18(22)15(19)16(17(13)21)20-12-8-4-3-5-9-12/h3-10,15H,2,19H2,1H3. The van der Waals surface area contributed by atoms with Gasteiger partial charge in [-0.3, -0.25) is 9.59 Å². The molecule has 1 aliphatic rings. The summed E-state index contributed by atoms with van der Waals surface area (Å²) >= 11 is 0. The van der Waals surface area contributed by atoms with E-state index >= 15 is 0 Å². The molecule has 4 nitrogen and oxygen atoms in total. The number of nitrogens with zero attached hydrogens (tertiary/aromatic N) is 1. The third-order valence-corrected chi connectivity index (χ3v) is 3.84. The number of aryl methyl sites for hydroxylation is 1. The van der Waals surface area contributed by atoms with Crippen molar-refractivity contribution in [2.24, 2.45) is 10.7 Å². The van der Waals surface area contributed by atoms with Gasteiger partial charge in [0, 0.05) is 11.1 Å². The van der Waals surface area contributed by atoms with Crippen molar-refractivity contribution in [3.63, 3.8) is 0 Å². The number of carbonyl (C=O) groups excluding carboxylic acids is 2. The van der Waals surface area contributed by atoms with Gasteiger partial charge in [-0.15, -0.1) is 0 Å². The summed E-state index contributed by atoms with van der Waals surface area (Å²) in [6.45, 7) is 1.95. The minimum atomic E-state index is -1.01. The van der Waals surface area contributed by atoms with Gasteiger partial charge in [0.15, 0.2) is 5.78 Å². The second-order valence-corrected chi connectivity index (χ2v) is 5.20. The highest BCUT2D eigenvalue weighted by Gasteiger charge is 2.37. The Hall–Kier alpha value is -2.59. The lowest BCUT2D eigenvalue weighted by Gasteiger charge is -2.23. The Kier molecular flexibility index (Phi) is 3.69. The summed E-state index contributed by atoms with van der Waals surface area (Å²) in [5.74, 6) is -0.497. The van der Waals surface area contributed by atoms with Crippen LogP contribution in [0, 0.1) is 0 Å². The molecule has 0 fully saturated rings. The smallest absolute Gasteiger partial charge is 0.210 e. The molecule has 1 unspecified atom stereocenters. The number of hydrogen-bond donors (Lipinski definition) is 1. The summed E-state index contributed by atoms with van der Waals surface area (Å²) in [6.07, 6.45) is 0.681. The minimum Gasteiger partial charge on any atom is -0.316 e. The van der Waals surface area contributed by atoms with Gasteiger partial charge < -0.3 is 5.73 Å². The molecule has 0 aliphatic heterocycles. The summed E-state index contributed by atoms with van der Waals surface area (Å²) in [5, 5.41) is 0. The molecule has 0 bridgehead atoms. The van der Waals surface area contributed by atoms with Crippen molar-refractivity contribution in [1.29, 1.82) is 0 Å². The van der Waals surface area contributed by atoms with E-state index in [0.29, 0.717) is 23.2 Å². The van der Waals surface area contributed by atoms with Crippen LogP contribution in [-0.4, -0.2) is 23.3 Å². The number of benzene rings is 2. The van der Waals surface area contributed by atoms with E-state index in [2.05, 4.69) is 4.99 Å². The van der Waals surface area contributed by atoms with Crippen LogP contribution in [0.2, 0.25) is 0 Å². The summed E-state index contributed by atoms with van der Waals surface area (Å²) in [5.41, 5.74) is 8.43. The van der Waals surface area contributed by atoms with Crippen molar-refractivity contribution in [3.8, 4) is 0 Å². The van der Waals surface area contributed by atoms with E-state index in [1.54, 1.807) is 24.3 Å². The summed E-state index contributed by atoms with van der Waals surface area (Å²) < 4.78 is 0. The first kappa shape index (κ1) is 14.4. The average molecular weight is 292 g/mol. The van der Waals surface area contributed by atoms with E-state index in [1.165, 1.54) is 0 Å². The Labute approximate surface area is 128 Å². The van der Waals surface area contributed by atoms with Gasteiger partial charge in [0.05, 0.1) is 5.69 Å². The number of ketones is 2. The van der Waals surface area contributed by atoms with Crippen LogP contribution in [-0.2, 0) is 6.42 Å². The first-order valence-electron chi connectivity index (χ1n) is 7.23. The maximum atomic E-state index is 12.7. The van der Waals surface area contributed by atoms with Gasteiger partial charge in [0.1, 0.15) is 11.8 Å². The van der Waals surface area contributed by atoms with Gasteiger partial charge in [-0.05, 0) is 24.1 Å². The van der Waals surface area contributed by atoms with Crippen molar-refractivity contribution < 1.29 is 9.59 Å². The van der Waals surface area contributed by atoms with Crippen LogP contribution >= 0.6 is 0 Å². The van der Waals surface area contributed by atoms with E-state index in [4.69, 9.17) is 5.73 Å². The van der Waals surface area contributed by atoms with Crippen LogP contribution in [0.1, 0.15) is 33.2 Å². The lowest BCUT2D eigenvalue weighted by molar-refractivity contribution is 0.0948. The molecule has 22 heavy (non-hydrogen) atoms. The van der Waals surface area contributed by atoms with Gasteiger partial charge in [0.2, 0.25) is 5.78 Å². The maximum Gasteiger partial charge on any atom is 0.210 e. The zero-order chi connectivity index (χ0) is 15.7. The number of fused-ring (bicyclic) bond motifs is 1. The molecule has 2 N–H and O–H groups in total. The van der Waals surface area contributed by atoms with Crippen LogP contribution < -0.4 is 5.73 Å². The van der Waals surface area contributed by atoms with Crippen molar-refractivity contribution in [3.05, 3.63) is 65.2 Å². The number of hydrogen-bond acceptors (Lipinski definition) is 4. The maximum absolute atomic E-state index is 12.7. The van der Waals surface area contributed by atoms with E-state index < -0.39 is 6.04 Å². The number of rotatable bonds is 2. The highest BCUT2D eigenvalue weighted by atomic mass is 16.1. The van der Waals surface area contributed by atoms with E-state index in [1.807, 2.05) is 31.2 Å². The molecule has 0 aromatic heterocycles. The molecule has 3 rings (SSSR count). The Morgan fingerprint density at radius 3 is 2.45 bits per heavy atom. The largest absolute Gasteiger partial charge is 0.316 e. The number of aliphatic imine (C=N–C) groups is 1. The van der Waals surface area contributed by atoms with Crippen LogP contribution in [0.25, 0.3) is 0 Å². The molecule has 4 heteroatoms. The second-order valence-electron chi connectivity index (χ2n) is 5.20. The quantitative estimate of drug-likeness (QED) is 0.925. The second kappa shape index (κ2) is 5.66. The molecular formula is C18H16N2O2. The Bertz CT molecular complexity index is 779. The van der Waals surface area contributed by atoms with Gasteiger partial charge in [-0.2, -0.15) is 0 Å². The number of para-hydroxylation sites is 1. The zero-order valence-corrected chi connectivity index (χ0v) is 12.2. The van der Waals surface area contributed by atoms with Crippen molar-refractivity contribution in [2.75, 3.05) is 0 Å². The minimum absolute atomic E-state index is 0.108. The van der Waals surface area contributed by atoms with Crippen LogP contribution in [0.15, 0.2) is 53.5 Å². The topological polar surface area (TPSA) is 72.5 Å². The normalized spacial score (nSPS) is 19.4. The summed E-state index contributed by atoms with van der Waals surface area (Å²) in [6, 6.07) is 13.4. The third-order valence-electron chi connectivity index (χ3n) is 3.84. The summed E-state index contributed by atoms with van der Waals surface area (Å²) in [7, 11) is 0. The molecule has 0 saturated carbocycles. The molecule has 0 spiro atoms. The van der Waals surface area contributed by atoms with Gasteiger partial charge in [-0.25, -0.2) is 4.99 Å². The molecule has 0 radical (unpaired) electrons. The van der Waals surface area contributed by atoms with Gasteiger partial charge >= 0.3 is 0 Å². The van der Waals surface area contributed by atoms with E-state index in [9.17, 15) is 9.59 Å². The lowest BCUT2D eigenvalue weighted by Crippen LogP contribution is -2.47. The average Bonchev–Trinajstić information content (AvgIpc) is 2.57. The van der Waals surface area contributed by atoms with Gasteiger partial charge in [-0.1, -0.05) is 43.3 Å². The predicted molar refractivity (Wildman–Crippen MR) is 86.0 cm³/mol. The predicted octanol–water partition coefficient (Wildman–Crippen LogP) is 2.73. The molecule has 0 heterocycles. The van der Waals surface area contributed by atoms with Crippen LogP contribution in [0.3, 0.4) is 0 Å². The molecule has 2 aromatic carbocycles. The first-order chi connectivity index (χ1) is 10.6.